The summed E-state index contributed by atoms with van der Waals surface area (Å²) in [4.78, 5) is 0. The van der Waals surface area contributed by atoms with E-state index in [4.69, 9.17) is 14.6 Å². The second kappa shape index (κ2) is 6.93. The van der Waals surface area contributed by atoms with Gasteiger partial charge in [0.2, 0.25) is 0 Å². The molecule has 2 aromatic carbocycles. The van der Waals surface area contributed by atoms with Crippen molar-refractivity contribution < 1.29 is 19.7 Å². The molecule has 0 aliphatic rings. The van der Waals surface area contributed by atoms with Gasteiger partial charge in [0.05, 0.1) is 13.7 Å². The lowest BCUT2D eigenvalue weighted by Gasteiger charge is -2.16. The smallest absolute Gasteiger partial charge is 0.125 e. The van der Waals surface area contributed by atoms with Gasteiger partial charge < -0.3 is 19.7 Å². The second-order valence-electron chi connectivity index (χ2n) is 4.38. The topological polar surface area (TPSA) is 58.9 Å². The molecule has 0 saturated carbocycles. The van der Waals surface area contributed by atoms with Crippen molar-refractivity contribution in [2.24, 2.45) is 0 Å². The van der Waals surface area contributed by atoms with Crippen LogP contribution >= 0.6 is 0 Å². The molecule has 0 aliphatic heterocycles. The molecule has 0 radical (unpaired) electrons. The summed E-state index contributed by atoms with van der Waals surface area (Å²) in [5.74, 6) is 1.15. The number of methoxy groups -OCH3 is 1. The minimum Gasteiger partial charge on any atom is -0.497 e. The van der Waals surface area contributed by atoms with Crippen LogP contribution in [0.2, 0.25) is 0 Å². The number of rotatable bonds is 6. The maximum atomic E-state index is 9.84. The summed E-state index contributed by atoms with van der Waals surface area (Å²) in [5, 5.41) is 19.0. The van der Waals surface area contributed by atoms with Crippen LogP contribution in [0.1, 0.15) is 17.2 Å². The predicted molar refractivity (Wildman–Crippen MR) is 75.8 cm³/mol. The van der Waals surface area contributed by atoms with Gasteiger partial charge in [0.1, 0.15) is 24.2 Å². The Morgan fingerprint density at radius 1 is 1.10 bits per heavy atom. The fraction of sp³-hybridized carbons (Fsp3) is 0.250. The van der Waals surface area contributed by atoms with E-state index in [0.717, 1.165) is 5.56 Å². The van der Waals surface area contributed by atoms with Gasteiger partial charge in [-0.05, 0) is 23.8 Å². The first-order chi connectivity index (χ1) is 9.74. The average molecular weight is 274 g/mol. The molecule has 106 valence electrons. The number of hydrogen-bond acceptors (Lipinski definition) is 4. The third-order valence-corrected chi connectivity index (χ3v) is 2.99. The Morgan fingerprint density at radius 3 is 2.50 bits per heavy atom. The molecular weight excluding hydrogens is 256 g/mol. The molecule has 1 unspecified atom stereocenters. The van der Waals surface area contributed by atoms with Gasteiger partial charge in [-0.25, -0.2) is 0 Å². The zero-order chi connectivity index (χ0) is 14.4. The number of ether oxygens (including phenoxy) is 2. The lowest BCUT2D eigenvalue weighted by Crippen LogP contribution is -2.06. The Bertz CT molecular complexity index is 539. The van der Waals surface area contributed by atoms with Crippen molar-refractivity contribution in [1.29, 1.82) is 0 Å². The maximum absolute atomic E-state index is 9.84. The minimum absolute atomic E-state index is 0.366. The van der Waals surface area contributed by atoms with E-state index in [1.165, 1.54) is 0 Å². The van der Waals surface area contributed by atoms with E-state index < -0.39 is 6.10 Å². The van der Waals surface area contributed by atoms with Crippen molar-refractivity contribution >= 4 is 0 Å². The third kappa shape index (κ3) is 3.50. The van der Waals surface area contributed by atoms with Gasteiger partial charge in [-0.3, -0.25) is 0 Å². The lowest BCUT2D eigenvalue weighted by atomic mass is 10.1. The molecule has 1 atom stereocenters. The summed E-state index contributed by atoms with van der Waals surface area (Å²) < 4.78 is 10.8. The summed E-state index contributed by atoms with van der Waals surface area (Å²) >= 11 is 0. The van der Waals surface area contributed by atoms with Crippen LogP contribution in [0, 0.1) is 0 Å². The van der Waals surface area contributed by atoms with E-state index in [1.54, 1.807) is 25.3 Å². The Hall–Kier alpha value is -2.04. The summed E-state index contributed by atoms with van der Waals surface area (Å²) in [5.41, 5.74) is 1.55. The molecule has 0 aliphatic carbocycles. The van der Waals surface area contributed by atoms with Crippen molar-refractivity contribution in [3.8, 4) is 11.5 Å². The van der Waals surface area contributed by atoms with E-state index in [2.05, 4.69) is 0 Å². The van der Waals surface area contributed by atoms with E-state index in [-0.39, 0.29) is 6.61 Å². The fourth-order valence-corrected chi connectivity index (χ4v) is 1.88. The highest BCUT2D eigenvalue weighted by molar-refractivity contribution is 5.41. The molecule has 2 N–H and O–H groups in total. The van der Waals surface area contributed by atoms with Crippen LogP contribution in [0.25, 0.3) is 0 Å². The van der Waals surface area contributed by atoms with Crippen LogP contribution in [0.3, 0.4) is 0 Å². The van der Waals surface area contributed by atoms with Crippen LogP contribution in [-0.4, -0.2) is 23.9 Å². The minimum atomic E-state index is -0.990. The number of benzene rings is 2. The lowest BCUT2D eigenvalue weighted by molar-refractivity contribution is 0.0921. The molecule has 0 aromatic heterocycles. The van der Waals surface area contributed by atoms with Crippen molar-refractivity contribution in [2.45, 2.75) is 12.7 Å². The summed E-state index contributed by atoms with van der Waals surface area (Å²) in [6, 6.07) is 14.9. The first kappa shape index (κ1) is 14.4. The van der Waals surface area contributed by atoms with Gasteiger partial charge in [-0.15, -0.1) is 0 Å². The molecule has 0 heterocycles. The van der Waals surface area contributed by atoms with Crippen LogP contribution in [0.4, 0.5) is 0 Å². The molecule has 0 fully saturated rings. The van der Waals surface area contributed by atoms with E-state index in [9.17, 15) is 5.11 Å². The molecule has 4 heteroatoms. The van der Waals surface area contributed by atoms with E-state index >= 15 is 0 Å². The van der Waals surface area contributed by atoms with Gasteiger partial charge in [0.25, 0.3) is 0 Å². The maximum Gasteiger partial charge on any atom is 0.125 e. The number of aliphatic hydroxyl groups is 2. The third-order valence-electron chi connectivity index (χ3n) is 2.99. The van der Waals surface area contributed by atoms with Gasteiger partial charge >= 0.3 is 0 Å². The molecule has 0 saturated heterocycles. The molecule has 20 heavy (non-hydrogen) atoms. The van der Waals surface area contributed by atoms with Crippen molar-refractivity contribution in [2.75, 3.05) is 13.7 Å². The molecule has 2 rings (SSSR count). The van der Waals surface area contributed by atoms with Gasteiger partial charge in [-0.2, -0.15) is 0 Å². The quantitative estimate of drug-likeness (QED) is 0.848. The summed E-state index contributed by atoms with van der Waals surface area (Å²) in [7, 11) is 1.55. The zero-order valence-electron chi connectivity index (χ0n) is 11.3. The highest BCUT2D eigenvalue weighted by Gasteiger charge is 2.14. The van der Waals surface area contributed by atoms with Crippen LogP contribution in [0.15, 0.2) is 48.5 Å². The van der Waals surface area contributed by atoms with Gasteiger partial charge in [0, 0.05) is 5.56 Å². The normalized spacial score (nSPS) is 11.9. The second-order valence-corrected chi connectivity index (χ2v) is 4.38. The van der Waals surface area contributed by atoms with Crippen LogP contribution < -0.4 is 9.47 Å². The Morgan fingerprint density at radius 2 is 1.85 bits per heavy atom. The van der Waals surface area contributed by atoms with Gasteiger partial charge in [0.15, 0.2) is 0 Å². The van der Waals surface area contributed by atoms with Crippen molar-refractivity contribution in [3.63, 3.8) is 0 Å². The highest BCUT2D eigenvalue weighted by Crippen LogP contribution is 2.30. The Kier molecular flexibility index (Phi) is 4.98. The average Bonchev–Trinajstić information content (AvgIpc) is 2.53. The molecule has 2 aromatic rings. The SMILES string of the molecule is COc1ccc(OCc2ccccc2)c(C(O)CO)c1. The zero-order valence-corrected chi connectivity index (χ0v) is 11.3. The fourth-order valence-electron chi connectivity index (χ4n) is 1.88. The molecule has 4 nitrogen and oxygen atoms in total. The molecule has 0 amide bonds. The van der Waals surface area contributed by atoms with Crippen molar-refractivity contribution in [3.05, 3.63) is 59.7 Å². The highest BCUT2D eigenvalue weighted by atomic mass is 16.5. The Labute approximate surface area is 118 Å². The number of hydrogen-bond donors (Lipinski definition) is 2. The van der Waals surface area contributed by atoms with Gasteiger partial charge in [-0.1, -0.05) is 30.3 Å². The molecule has 0 spiro atoms. The largest absolute Gasteiger partial charge is 0.497 e. The summed E-state index contributed by atoms with van der Waals surface area (Å²) in [6.45, 7) is 0.0349. The first-order valence-electron chi connectivity index (χ1n) is 6.38. The predicted octanol–water partition coefficient (Wildman–Crippen LogP) is 2.30. The van der Waals surface area contributed by atoms with Crippen molar-refractivity contribution in [1.82, 2.24) is 0 Å². The Balaban J connectivity index is 2.17. The molecule has 0 bridgehead atoms. The van der Waals surface area contributed by atoms with E-state index in [0.29, 0.717) is 23.7 Å². The monoisotopic (exact) mass is 274 g/mol. The van der Waals surface area contributed by atoms with E-state index in [1.807, 2.05) is 30.3 Å². The number of aliphatic hydroxyl groups excluding tert-OH is 2. The summed E-state index contributed by atoms with van der Waals surface area (Å²) in [6.07, 6.45) is -0.990. The van der Waals surface area contributed by atoms with Crippen LogP contribution in [0.5, 0.6) is 11.5 Å². The van der Waals surface area contributed by atoms with Crippen LogP contribution in [-0.2, 0) is 6.61 Å². The molecular formula is C16H18O4. The first-order valence-corrected chi connectivity index (χ1v) is 6.38. The standard InChI is InChI=1S/C16H18O4/c1-19-13-7-8-16(14(9-13)15(18)10-17)20-11-12-5-3-2-4-6-12/h2-9,15,17-18H,10-11H2,1H3.